The molecule has 0 spiro atoms. The summed E-state index contributed by atoms with van der Waals surface area (Å²) in [5.41, 5.74) is 0.646. The number of nitro benzene ring substituents is 1. The van der Waals surface area contributed by atoms with Crippen LogP contribution in [0.5, 0.6) is 0 Å². The van der Waals surface area contributed by atoms with Crippen LogP contribution >= 0.6 is 0 Å². The van der Waals surface area contributed by atoms with Gasteiger partial charge in [0.15, 0.2) is 17.6 Å². The highest BCUT2D eigenvalue weighted by Crippen LogP contribution is 2.21. The van der Waals surface area contributed by atoms with E-state index in [0.29, 0.717) is 30.4 Å². The van der Waals surface area contributed by atoms with Crippen molar-refractivity contribution in [2.24, 2.45) is 4.99 Å². The number of rotatable bonds is 5. The monoisotopic (exact) mass is 372 g/mol. The van der Waals surface area contributed by atoms with Gasteiger partial charge in [-0.2, -0.15) is 0 Å². The lowest BCUT2D eigenvalue weighted by atomic mass is 10.2. The van der Waals surface area contributed by atoms with Gasteiger partial charge in [0.1, 0.15) is 0 Å². The first kappa shape index (κ1) is 18.6. The van der Waals surface area contributed by atoms with Gasteiger partial charge in [-0.05, 0) is 18.6 Å². The fraction of sp³-hybridized carbons (Fsp3) is 0.333. The molecule has 1 atom stereocenters. The van der Waals surface area contributed by atoms with Crippen molar-refractivity contribution in [2.45, 2.75) is 19.0 Å². The zero-order valence-electron chi connectivity index (χ0n) is 14.9. The molecule has 2 N–H and O–H groups in total. The number of aromatic nitrogens is 1. The van der Waals surface area contributed by atoms with Crippen LogP contribution in [0.4, 0.5) is 15.9 Å². The minimum Gasteiger partial charge on any atom is -0.352 e. The molecular weight excluding hydrogens is 351 g/mol. The number of nitrogens with zero attached hydrogens (tertiary/aromatic N) is 4. The van der Waals surface area contributed by atoms with Crippen molar-refractivity contribution in [3.63, 3.8) is 0 Å². The van der Waals surface area contributed by atoms with Crippen molar-refractivity contribution in [1.82, 2.24) is 15.6 Å². The molecule has 1 aliphatic rings. The van der Waals surface area contributed by atoms with Crippen LogP contribution in [-0.4, -0.2) is 42.0 Å². The maximum Gasteiger partial charge on any atom is 0.274 e. The van der Waals surface area contributed by atoms with Gasteiger partial charge >= 0.3 is 0 Å². The molecule has 27 heavy (non-hydrogen) atoms. The molecule has 0 bridgehead atoms. The van der Waals surface area contributed by atoms with Gasteiger partial charge in [-0.1, -0.05) is 18.2 Å². The smallest absolute Gasteiger partial charge is 0.274 e. The molecule has 1 aliphatic heterocycles. The van der Waals surface area contributed by atoms with Crippen molar-refractivity contribution in [3.8, 4) is 0 Å². The first-order valence-electron chi connectivity index (χ1n) is 8.63. The van der Waals surface area contributed by atoms with Crippen LogP contribution in [0.15, 0.2) is 47.6 Å². The Morgan fingerprint density at radius 1 is 1.41 bits per heavy atom. The van der Waals surface area contributed by atoms with Gasteiger partial charge in [-0.25, -0.2) is 9.37 Å². The molecule has 1 fully saturated rings. The molecule has 3 rings (SSSR count). The maximum absolute atomic E-state index is 13.9. The standard InChI is InChI=1S/C18H21FN6O2/c1-20-18(22-11-13-5-2-3-7-16(13)25(26)27)23-14-8-10-24(12-14)17-15(19)6-4-9-21-17/h2-7,9,14H,8,10-12H2,1H3,(H2,20,22,23). The molecule has 9 heteroatoms. The van der Waals surface area contributed by atoms with Gasteiger partial charge in [0.25, 0.3) is 5.69 Å². The quantitative estimate of drug-likeness (QED) is 0.361. The number of nitro groups is 1. The average Bonchev–Trinajstić information content (AvgIpc) is 3.14. The van der Waals surface area contributed by atoms with Crippen molar-refractivity contribution in [3.05, 3.63) is 64.1 Å². The predicted octanol–water partition coefficient (Wildman–Crippen LogP) is 2.07. The highest BCUT2D eigenvalue weighted by Gasteiger charge is 2.26. The zero-order chi connectivity index (χ0) is 19.2. The Labute approximate surface area is 156 Å². The van der Waals surface area contributed by atoms with Crippen LogP contribution in [0, 0.1) is 15.9 Å². The minimum atomic E-state index is -0.399. The van der Waals surface area contributed by atoms with E-state index >= 15 is 0 Å². The number of guanidine groups is 1. The Balaban J connectivity index is 1.57. The molecule has 0 saturated carbocycles. The Morgan fingerprint density at radius 2 is 2.22 bits per heavy atom. The number of halogens is 1. The third kappa shape index (κ3) is 4.49. The number of hydrogen-bond donors (Lipinski definition) is 2. The second-order valence-electron chi connectivity index (χ2n) is 6.20. The van der Waals surface area contributed by atoms with E-state index < -0.39 is 4.92 Å². The second-order valence-corrected chi connectivity index (χ2v) is 6.20. The summed E-state index contributed by atoms with van der Waals surface area (Å²) >= 11 is 0. The van der Waals surface area contributed by atoms with Gasteiger partial charge < -0.3 is 15.5 Å². The van der Waals surface area contributed by atoms with Crippen LogP contribution in [0.25, 0.3) is 0 Å². The summed E-state index contributed by atoms with van der Waals surface area (Å²) in [7, 11) is 1.64. The largest absolute Gasteiger partial charge is 0.352 e. The number of aliphatic imine (C=N–C) groups is 1. The molecule has 2 heterocycles. The first-order valence-corrected chi connectivity index (χ1v) is 8.63. The molecule has 0 amide bonds. The average molecular weight is 372 g/mol. The van der Waals surface area contributed by atoms with Crippen molar-refractivity contribution >= 4 is 17.5 Å². The summed E-state index contributed by atoms with van der Waals surface area (Å²) in [5.74, 6) is 0.559. The van der Waals surface area contributed by atoms with E-state index in [1.165, 1.54) is 12.1 Å². The van der Waals surface area contributed by atoms with Gasteiger partial charge in [0, 0.05) is 50.6 Å². The fourth-order valence-electron chi connectivity index (χ4n) is 3.09. The van der Waals surface area contributed by atoms with E-state index in [0.717, 1.165) is 6.42 Å². The number of anilines is 1. The lowest BCUT2D eigenvalue weighted by Gasteiger charge is -2.20. The number of pyridine rings is 1. The van der Waals surface area contributed by atoms with E-state index in [1.807, 2.05) is 4.90 Å². The molecule has 2 aromatic rings. The number of hydrogen-bond acceptors (Lipinski definition) is 5. The SMILES string of the molecule is CN=C(NCc1ccccc1[N+](=O)[O-])NC1CCN(c2ncccc2F)C1. The van der Waals surface area contributed by atoms with Crippen molar-refractivity contribution < 1.29 is 9.31 Å². The fourth-order valence-corrected chi connectivity index (χ4v) is 3.09. The maximum atomic E-state index is 13.9. The van der Waals surface area contributed by atoms with E-state index in [9.17, 15) is 14.5 Å². The Bertz CT molecular complexity index is 844. The van der Waals surface area contributed by atoms with E-state index in [1.54, 1.807) is 37.5 Å². The van der Waals surface area contributed by atoms with E-state index in [2.05, 4.69) is 20.6 Å². The van der Waals surface area contributed by atoms with Gasteiger partial charge in [-0.3, -0.25) is 15.1 Å². The Hall–Kier alpha value is -3.23. The minimum absolute atomic E-state index is 0.0677. The third-order valence-electron chi connectivity index (χ3n) is 4.43. The molecule has 0 aliphatic carbocycles. The van der Waals surface area contributed by atoms with Crippen LogP contribution in [-0.2, 0) is 6.54 Å². The third-order valence-corrected chi connectivity index (χ3v) is 4.43. The number of para-hydroxylation sites is 1. The molecule has 1 saturated heterocycles. The summed E-state index contributed by atoms with van der Waals surface area (Å²) in [4.78, 5) is 20.9. The molecular formula is C18H21FN6O2. The Kier molecular flexibility index (Phi) is 5.80. The summed E-state index contributed by atoms with van der Waals surface area (Å²) in [6, 6.07) is 9.62. The second kappa shape index (κ2) is 8.43. The lowest BCUT2D eigenvalue weighted by molar-refractivity contribution is -0.385. The van der Waals surface area contributed by atoms with Crippen molar-refractivity contribution in [2.75, 3.05) is 25.0 Å². The molecule has 1 aromatic heterocycles. The van der Waals surface area contributed by atoms with Gasteiger partial charge in [0.2, 0.25) is 0 Å². The Morgan fingerprint density at radius 3 is 2.96 bits per heavy atom. The topological polar surface area (TPSA) is 95.7 Å². The van der Waals surface area contributed by atoms with Crippen LogP contribution in [0.1, 0.15) is 12.0 Å². The predicted molar refractivity (Wildman–Crippen MR) is 101 cm³/mol. The normalized spacial score (nSPS) is 17.0. The zero-order valence-corrected chi connectivity index (χ0v) is 14.9. The van der Waals surface area contributed by atoms with Crippen molar-refractivity contribution in [1.29, 1.82) is 0 Å². The first-order chi connectivity index (χ1) is 13.1. The summed E-state index contributed by atoms with van der Waals surface area (Å²) < 4.78 is 13.9. The van der Waals surface area contributed by atoms with Crippen LogP contribution in [0.2, 0.25) is 0 Å². The molecule has 8 nitrogen and oxygen atoms in total. The highest BCUT2D eigenvalue weighted by molar-refractivity contribution is 5.80. The van der Waals surface area contributed by atoms with E-state index in [-0.39, 0.29) is 24.1 Å². The molecule has 1 aromatic carbocycles. The molecule has 1 unspecified atom stereocenters. The number of nitrogens with one attached hydrogen (secondary N) is 2. The lowest BCUT2D eigenvalue weighted by Crippen LogP contribution is -2.44. The summed E-state index contributed by atoms with van der Waals surface area (Å²) in [5, 5.41) is 17.5. The highest BCUT2D eigenvalue weighted by atomic mass is 19.1. The number of benzene rings is 1. The van der Waals surface area contributed by atoms with Gasteiger partial charge in [0.05, 0.1) is 4.92 Å². The van der Waals surface area contributed by atoms with Gasteiger partial charge in [-0.15, -0.1) is 0 Å². The van der Waals surface area contributed by atoms with E-state index in [4.69, 9.17) is 0 Å². The van der Waals surface area contributed by atoms with Crippen LogP contribution in [0.3, 0.4) is 0 Å². The van der Waals surface area contributed by atoms with Crippen LogP contribution < -0.4 is 15.5 Å². The summed E-state index contributed by atoms with van der Waals surface area (Å²) in [6.45, 7) is 1.56. The molecule has 0 radical (unpaired) electrons. The molecule has 142 valence electrons. The summed E-state index contributed by atoms with van der Waals surface area (Å²) in [6.07, 6.45) is 2.38.